The lowest BCUT2D eigenvalue weighted by molar-refractivity contribution is 0.336. The van der Waals surface area contributed by atoms with Crippen molar-refractivity contribution < 1.29 is 0 Å². The Hall–Kier alpha value is 0.0249. The molecule has 2 aliphatic rings. The third kappa shape index (κ3) is 5.95. The Morgan fingerprint density at radius 2 is 1.53 bits per heavy atom. The van der Waals surface area contributed by atoms with E-state index in [2.05, 4.69) is 12.2 Å². The second-order valence-electron chi connectivity index (χ2n) is 4.48. The number of rotatable bonds is 1. The van der Waals surface area contributed by atoms with Gasteiger partial charge in [0, 0.05) is 14.5 Å². The third-order valence-electron chi connectivity index (χ3n) is 3.84. The van der Waals surface area contributed by atoms with Gasteiger partial charge in [-0.15, -0.1) is 0 Å². The first-order valence-electron chi connectivity index (χ1n) is 7.65. The Balaban J connectivity index is 0. The molecule has 1 saturated heterocycles. The summed E-state index contributed by atoms with van der Waals surface area (Å²) >= 11 is 0. The van der Waals surface area contributed by atoms with Crippen LogP contribution >= 0.6 is 0 Å². The zero-order valence-corrected chi connectivity index (χ0v) is 12.8. The van der Waals surface area contributed by atoms with Gasteiger partial charge in [-0.25, -0.2) is 0 Å². The standard InChI is InChI=1S/C11H21N.2C2H6.B/c1-2-9-8-12-11-7-5-3-4-6-10(9)11;2*1-2;/h9-12H,2-8H2,1H3;2*1-2H3;/t9?,10-,11+;;;/m0.../s1. The highest BCUT2D eigenvalue weighted by molar-refractivity contribution is 5.75. The van der Waals surface area contributed by atoms with E-state index in [0.29, 0.717) is 0 Å². The van der Waals surface area contributed by atoms with Gasteiger partial charge in [0.25, 0.3) is 0 Å². The molecule has 0 bridgehead atoms. The van der Waals surface area contributed by atoms with Crippen LogP contribution in [0.2, 0.25) is 0 Å². The van der Waals surface area contributed by atoms with Crippen LogP contribution < -0.4 is 5.32 Å². The Morgan fingerprint density at radius 3 is 2.12 bits per heavy atom. The highest BCUT2D eigenvalue weighted by atomic mass is 15.0. The van der Waals surface area contributed by atoms with Gasteiger partial charge in [-0.2, -0.15) is 0 Å². The van der Waals surface area contributed by atoms with Crippen LogP contribution in [-0.4, -0.2) is 21.0 Å². The molecule has 1 unspecified atom stereocenters. The fourth-order valence-corrected chi connectivity index (χ4v) is 3.06. The van der Waals surface area contributed by atoms with Gasteiger partial charge in [0.15, 0.2) is 0 Å². The molecule has 1 N–H and O–H groups in total. The molecule has 1 heterocycles. The molecular formula is C15H33BN. The van der Waals surface area contributed by atoms with E-state index in [9.17, 15) is 0 Å². The third-order valence-corrected chi connectivity index (χ3v) is 3.84. The second-order valence-corrected chi connectivity index (χ2v) is 4.48. The van der Waals surface area contributed by atoms with E-state index in [4.69, 9.17) is 0 Å². The van der Waals surface area contributed by atoms with Crippen LogP contribution in [0.3, 0.4) is 0 Å². The molecular weight excluding hydrogens is 205 g/mol. The van der Waals surface area contributed by atoms with Crippen LogP contribution in [0.4, 0.5) is 0 Å². The molecule has 101 valence electrons. The van der Waals surface area contributed by atoms with Gasteiger partial charge >= 0.3 is 0 Å². The zero-order chi connectivity index (χ0) is 12.4. The monoisotopic (exact) mass is 238 g/mol. The van der Waals surface area contributed by atoms with Crippen molar-refractivity contribution in [1.29, 1.82) is 0 Å². The predicted molar refractivity (Wildman–Crippen MR) is 80.6 cm³/mol. The lowest BCUT2D eigenvalue weighted by Crippen LogP contribution is -2.25. The summed E-state index contributed by atoms with van der Waals surface area (Å²) in [5.74, 6) is 2.02. The normalized spacial score (nSPS) is 30.5. The molecule has 3 atom stereocenters. The molecule has 1 saturated carbocycles. The minimum atomic E-state index is 0. The molecule has 17 heavy (non-hydrogen) atoms. The SMILES string of the molecule is CC.CC.CCC1CN[C@@H]2CCCCC[C@@H]12.[B]. The van der Waals surface area contributed by atoms with E-state index in [1.807, 2.05) is 27.7 Å². The molecule has 0 aromatic rings. The predicted octanol–water partition coefficient (Wildman–Crippen LogP) is 4.24. The van der Waals surface area contributed by atoms with E-state index in [1.54, 1.807) is 0 Å². The first-order valence-corrected chi connectivity index (χ1v) is 7.65. The quantitative estimate of drug-likeness (QED) is 0.674. The van der Waals surface area contributed by atoms with Crippen LogP contribution in [0.25, 0.3) is 0 Å². The van der Waals surface area contributed by atoms with Gasteiger partial charge in [-0.1, -0.05) is 60.3 Å². The molecule has 1 aliphatic carbocycles. The summed E-state index contributed by atoms with van der Waals surface area (Å²) in [5, 5.41) is 3.70. The van der Waals surface area contributed by atoms with Gasteiger partial charge in [-0.3, -0.25) is 0 Å². The summed E-state index contributed by atoms with van der Waals surface area (Å²) in [6.45, 7) is 11.6. The number of nitrogens with one attached hydrogen (secondary N) is 1. The molecule has 0 spiro atoms. The summed E-state index contributed by atoms with van der Waals surface area (Å²) in [6.07, 6.45) is 8.75. The Kier molecular flexibility index (Phi) is 14.2. The number of fused-ring (bicyclic) bond motifs is 1. The average molecular weight is 238 g/mol. The van der Waals surface area contributed by atoms with Crippen LogP contribution in [0, 0.1) is 11.8 Å². The highest BCUT2D eigenvalue weighted by Crippen LogP contribution is 2.34. The first-order chi connectivity index (χ1) is 7.92. The van der Waals surface area contributed by atoms with Gasteiger partial charge in [-0.05, 0) is 31.2 Å². The van der Waals surface area contributed by atoms with Gasteiger partial charge in [0.2, 0.25) is 0 Å². The summed E-state index contributed by atoms with van der Waals surface area (Å²) in [6, 6.07) is 0.887. The Morgan fingerprint density at radius 1 is 0.941 bits per heavy atom. The fraction of sp³-hybridized carbons (Fsp3) is 1.00. The lowest BCUT2D eigenvalue weighted by Gasteiger charge is -2.20. The van der Waals surface area contributed by atoms with Crippen molar-refractivity contribution in [2.75, 3.05) is 6.54 Å². The van der Waals surface area contributed by atoms with E-state index in [1.165, 1.54) is 45.1 Å². The van der Waals surface area contributed by atoms with Crippen molar-refractivity contribution in [1.82, 2.24) is 5.32 Å². The van der Waals surface area contributed by atoms with Gasteiger partial charge in [0.05, 0.1) is 0 Å². The van der Waals surface area contributed by atoms with E-state index >= 15 is 0 Å². The molecule has 0 aromatic carbocycles. The molecule has 1 aliphatic heterocycles. The smallest absolute Gasteiger partial charge is 0.00985 e. The molecule has 2 fully saturated rings. The molecule has 3 radical (unpaired) electrons. The summed E-state index contributed by atoms with van der Waals surface area (Å²) in [4.78, 5) is 0. The molecule has 0 amide bonds. The van der Waals surface area contributed by atoms with Crippen molar-refractivity contribution in [2.24, 2.45) is 11.8 Å². The second kappa shape index (κ2) is 12.5. The number of hydrogen-bond donors (Lipinski definition) is 1. The van der Waals surface area contributed by atoms with E-state index in [0.717, 1.165) is 17.9 Å². The van der Waals surface area contributed by atoms with Crippen LogP contribution in [0.15, 0.2) is 0 Å². The lowest BCUT2D eigenvalue weighted by atomic mass is 9.85. The molecule has 2 heteroatoms. The number of hydrogen-bond acceptors (Lipinski definition) is 1. The maximum atomic E-state index is 3.70. The minimum Gasteiger partial charge on any atom is -0.313 e. The zero-order valence-electron chi connectivity index (χ0n) is 12.8. The minimum absolute atomic E-state index is 0. The van der Waals surface area contributed by atoms with Crippen molar-refractivity contribution in [3.63, 3.8) is 0 Å². The highest BCUT2D eigenvalue weighted by Gasteiger charge is 2.34. The Labute approximate surface area is 112 Å². The maximum absolute atomic E-state index is 3.70. The van der Waals surface area contributed by atoms with Crippen LogP contribution in [0.5, 0.6) is 0 Å². The Bertz CT molecular complexity index is 150. The van der Waals surface area contributed by atoms with Crippen LogP contribution in [-0.2, 0) is 0 Å². The molecule has 0 aromatic heterocycles. The van der Waals surface area contributed by atoms with Crippen molar-refractivity contribution >= 4 is 8.41 Å². The maximum Gasteiger partial charge on any atom is 0.00985 e. The summed E-state index contributed by atoms with van der Waals surface area (Å²) in [7, 11) is 0. The van der Waals surface area contributed by atoms with Crippen LogP contribution in [0.1, 0.15) is 73.1 Å². The first kappa shape index (κ1) is 19.4. The largest absolute Gasteiger partial charge is 0.313 e. The van der Waals surface area contributed by atoms with Crippen molar-refractivity contribution in [3.8, 4) is 0 Å². The molecule has 1 nitrogen and oxygen atoms in total. The van der Waals surface area contributed by atoms with Gasteiger partial charge < -0.3 is 5.32 Å². The van der Waals surface area contributed by atoms with Gasteiger partial charge in [0.1, 0.15) is 0 Å². The van der Waals surface area contributed by atoms with Crippen molar-refractivity contribution in [3.05, 3.63) is 0 Å². The summed E-state index contributed by atoms with van der Waals surface area (Å²) < 4.78 is 0. The van der Waals surface area contributed by atoms with E-state index in [-0.39, 0.29) is 8.41 Å². The summed E-state index contributed by atoms with van der Waals surface area (Å²) in [5.41, 5.74) is 0. The van der Waals surface area contributed by atoms with E-state index < -0.39 is 0 Å². The van der Waals surface area contributed by atoms with Crippen molar-refractivity contribution in [2.45, 2.75) is 79.2 Å². The fourth-order valence-electron chi connectivity index (χ4n) is 3.06. The average Bonchev–Trinajstić information content (AvgIpc) is 2.62. The topological polar surface area (TPSA) is 12.0 Å². The molecule has 2 rings (SSSR count).